The second-order valence-corrected chi connectivity index (χ2v) is 3.38. The molecule has 1 aliphatic carbocycles. The van der Waals surface area contributed by atoms with Crippen LogP contribution < -0.4 is 0 Å². The van der Waals surface area contributed by atoms with Crippen molar-refractivity contribution >= 4 is 6.21 Å². The zero-order chi connectivity index (χ0) is 9.97. The van der Waals surface area contributed by atoms with E-state index in [1.165, 1.54) is 11.8 Å². The van der Waals surface area contributed by atoms with Crippen molar-refractivity contribution in [3.8, 4) is 6.07 Å². The zero-order valence-electron chi connectivity index (χ0n) is 7.64. The lowest BCUT2D eigenvalue weighted by Gasteiger charge is -2.27. The molecule has 2 rings (SSSR count). The molecule has 1 atom stereocenters. The van der Waals surface area contributed by atoms with Crippen LogP contribution in [0.1, 0.15) is 22.6 Å². The van der Waals surface area contributed by atoms with Crippen molar-refractivity contribution < 1.29 is 5.21 Å². The van der Waals surface area contributed by atoms with Crippen LogP contribution in [0.4, 0.5) is 0 Å². The van der Waals surface area contributed by atoms with Crippen molar-refractivity contribution in [2.75, 3.05) is 0 Å². The lowest BCUT2D eigenvalue weighted by Crippen LogP contribution is -2.18. The summed E-state index contributed by atoms with van der Waals surface area (Å²) in [5.41, 5.74) is 3.48. The molecule has 0 aromatic heterocycles. The van der Waals surface area contributed by atoms with Gasteiger partial charge in [0.15, 0.2) is 0 Å². The number of rotatable bonds is 2. The van der Waals surface area contributed by atoms with Crippen LogP contribution in [0.25, 0.3) is 0 Å². The summed E-state index contributed by atoms with van der Waals surface area (Å²) < 4.78 is 0. The molecular formula is C11H10N2O. The molecule has 1 aliphatic rings. The van der Waals surface area contributed by atoms with Gasteiger partial charge in [0, 0.05) is 12.6 Å². The largest absolute Gasteiger partial charge is 0.411 e. The second-order valence-electron chi connectivity index (χ2n) is 3.38. The molecule has 3 heteroatoms. The first-order valence-electron chi connectivity index (χ1n) is 4.53. The van der Waals surface area contributed by atoms with Crippen molar-refractivity contribution in [3.05, 3.63) is 34.9 Å². The van der Waals surface area contributed by atoms with Crippen LogP contribution in [0.2, 0.25) is 0 Å². The van der Waals surface area contributed by atoms with E-state index in [0.717, 1.165) is 17.5 Å². The van der Waals surface area contributed by atoms with Crippen LogP contribution in [0.15, 0.2) is 23.4 Å². The smallest absolute Gasteiger partial charge is 0.0758 e. The maximum atomic E-state index is 8.85. The fourth-order valence-corrected chi connectivity index (χ4v) is 1.91. The molecule has 0 radical (unpaired) electrons. The summed E-state index contributed by atoms with van der Waals surface area (Å²) in [4.78, 5) is 0. The van der Waals surface area contributed by atoms with Crippen molar-refractivity contribution in [1.29, 1.82) is 5.26 Å². The van der Waals surface area contributed by atoms with Crippen LogP contribution in [0, 0.1) is 11.3 Å². The molecule has 70 valence electrons. The summed E-state index contributed by atoms with van der Waals surface area (Å²) >= 11 is 0. The molecule has 0 bridgehead atoms. The van der Waals surface area contributed by atoms with Crippen molar-refractivity contribution in [1.82, 2.24) is 0 Å². The Labute approximate surface area is 82.3 Å². The summed E-state index contributed by atoms with van der Waals surface area (Å²) in [7, 11) is 0. The van der Waals surface area contributed by atoms with Crippen LogP contribution in [0.3, 0.4) is 0 Å². The summed E-state index contributed by atoms with van der Waals surface area (Å²) in [5.74, 6) is 0.0355. The molecule has 1 aromatic carbocycles. The molecule has 0 heterocycles. The third kappa shape index (κ3) is 1.25. The minimum atomic E-state index is 0.0355. The molecule has 1 unspecified atom stereocenters. The van der Waals surface area contributed by atoms with E-state index in [1.54, 1.807) is 0 Å². The fraction of sp³-hybridized carbons (Fsp3) is 0.273. The van der Waals surface area contributed by atoms with Crippen LogP contribution in [-0.2, 0) is 12.8 Å². The Hall–Kier alpha value is -1.82. The summed E-state index contributed by atoms with van der Waals surface area (Å²) in [6.07, 6.45) is 2.90. The standard InChI is InChI=1S/C11H10N2O/c12-7-10-6-9-3-1-2-8(11(9)10)4-5-13-14/h1-3,5,10,14H,4,6H2. The second kappa shape index (κ2) is 3.51. The van der Waals surface area contributed by atoms with Gasteiger partial charge in [-0.05, 0) is 23.1 Å². The molecule has 14 heavy (non-hydrogen) atoms. The molecule has 0 fully saturated rings. The highest BCUT2D eigenvalue weighted by atomic mass is 16.4. The number of hydrogen-bond donors (Lipinski definition) is 1. The summed E-state index contributed by atoms with van der Waals surface area (Å²) in [6.45, 7) is 0. The van der Waals surface area contributed by atoms with Gasteiger partial charge in [-0.3, -0.25) is 0 Å². The molecule has 0 aliphatic heterocycles. The summed E-state index contributed by atoms with van der Waals surface area (Å²) in [5, 5.41) is 20.2. The lowest BCUT2D eigenvalue weighted by molar-refractivity contribution is 0.320. The van der Waals surface area contributed by atoms with E-state index in [0.29, 0.717) is 6.42 Å². The topological polar surface area (TPSA) is 56.4 Å². The van der Waals surface area contributed by atoms with E-state index in [2.05, 4.69) is 11.2 Å². The van der Waals surface area contributed by atoms with Gasteiger partial charge in [-0.25, -0.2) is 0 Å². The first kappa shape index (κ1) is 8.76. The maximum absolute atomic E-state index is 8.85. The Kier molecular flexibility index (Phi) is 2.19. The Morgan fingerprint density at radius 3 is 3.21 bits per heavy atom. The van der Waals surface area contributed by atoms with Crippen LogP contribution in [-0.4, -0.2) is 11.4 Å². The van der Waals surface area contributed by atoms with Gasteiger partial charge in [-0.15, -0.1) is 5.16 Å². The van der Waals surface area contributed by atoms with E-state index in [4.69, 9.17) is 10.5 Å². The van der Waals surface area contributed by atoms with Gasteiger partial charge in [0.2, 0.25) is 0 Å². The van der Waals surface area contributed by atoms with Gasteiger partial charge in [-0.1, -0.05) is 18.2 Å². The monoisotopic (exact) mass is 186 g/mol. The van der Waals surface area contributed by atoms with E-state index in [9.17, 15) is 0 Å². The van der Waals surface area contributed by atoms with Gasteiger partial charge < -0.3 is 5.21 Å². The third-order valence-corrected chi connectivity index (χ3v) is 2.61. The first-order chi connectivity index (χ1) is 6.86. The molecule has 3 nitrogen and oxygen atoms in total. The highest BCUT2D eigenvalue weighted by Crippen LogP contribution is 2.37. The predicted octanol–water partition coefficient (Wildman–Crippen LogP) is 1.85. The van der Waals surface area contributed by atoms with Gasteiger partial charge in [-0.2, -0.15) is 5.26 Å². The number of oxime groups is 1. The Morgan fingerprint density at radius 1 is 1.64 bits per heavy atom. The Morgan fingerprint density at radius 2 is 2.50 bits per heavy atom. The van der Waals surface area contributed by atoms with Gasteiger partial charge in [0.1, 0.15) is 0 Å². The SMILES string of the molecule is N#CC1Cc2cccc(CC=NO)c21. The first-order valence-corrected chi connectivity index (χ1v) is 4.53. The normalized spacial score (nSPS) is 18.6. The molecule has 0 saturated carbocycles. The van der Waals surface area contributed by atoms with Gasteiger partial charge in [0.05, 0.1) is 12.0 Å². The predicted molar refractivity (Wildman–Crippen MR) is 52.5 cm³/mol. The number of fused-ring (bicyclic) bond motifs is 1. The van der Waals surface area contributed by atoms with Crippen LogP contribution in [0.5, 0.6) is 0 Å². The van der Waals surface area contributed by atoms with Crippen LogP contribution >= 0.6 is 0 Å². The quantitative estimate of drug-likeness (QED) is 0.435. The Bertz CT molecular complexity index is 418. The fourth-order valence-electron chi connectivity index (χ4n) is 1.91. The number of hydrogen-bond acceptors (Lipinski definition) is 3. The maximum Gasteiger partial charge on any atom is 0.0758 e. The Balaban J connectivity index is 2.33. The number of nitriles is 1. The summed E-state index contributed by atoms with van der Waals surface area (Å²) in [6, 6.07) is 8.27. The van der Waals surface area contributed by atoms with E-state index in [1.807, 2.05) is 18.2 Å². The molecule has 1 aromatic rings. The zero-order valence-corrected chi connectivity index (χ0v) is 7.64. The number of benzene rings is 1. The minimum absolute atomic E-state index is 0.0355. The van der Waals surface area contributed by atoms with E-state index in [-0.39, 0.29) is 5.92 Å². The highest BCUT2D eigenvalue weighted by Gasteiger charge is 2.27. The van der Waals surface area contributed by atoms with E-state index < -0.39 is 0 Å². The molecule has 0 saturated heterocycles. The molecule has 0 amide bonds. The third-order valence-electron chi connectivity index (χ3n) is 2.61. The molecule has 0 spiro atoms. The van der Waals surface area contributed by atoms with E-state index >= 15 is 0 Å². The average Bonchev–Trinajstić information content (AvgIpc) is 2.17. The molecule has 1 N–H and O–H groups in total. The van der Waals surface area contributed by atoms with Gasteiger partial charge >= 0.3 is 0 Å². The van der Waals surface area contributed by atoms with Crippen molar-refractivity contribution in [2.45, 2.75) is 18.8 Å². The minimum Gasteiger partial charge on any atom is -0.411 e. The van der Waals surface area contributed by atoms with Crippen molar-refractivity contribution in [3.63, 3.8) is 0 Å². The lowest BCUT2D eigenvalue weighted by atomic mass is 9.75. The van der Waals surface area contributed by atoms with Crippen molar-refractivity contribution in [2.24, 2.45) is 5.16 Å². The average molecular weight is 186 g/mol. The molecular weight excluding hydrogens is 176 g/mol. The van der Waals surface area contributed by atoms with Gasteiger partial charge in [0.25, 0.3) is 0 Å². The highest BCUT2D eigenvalue weighted by molar-refractivity contribution is 5.64. The number of nitrogens with zero attached hydrogens (tertiary/aromatic N) is 2.